The van der Waals surface area contributed by atoms with Crippen molar-refractivity contribution in [2.45, 2.75) is 25.1 Å². The Bertz CT molecular complexity index is 851. The summed E-state index contributed by atoms with van der Waals surface area (Å²) in [6.07, 6.45) is -4.36. The molecular weight excluding hydrogens is 336 g/mol. The van der Waals surface area contributed by atoms with Crippen molar-refractivity contribution in [1.82, 2.24) is 0 Å². The number of oxime groups is 1. The van der Waals surface area contributed by atoms with Gasteiger partial charge in [-0.05, 0) is 35.4 Å². The second-order valence-electron chi connectivity index (χ2n) is 5.67. The monoisotopic (exact) mass is 348 g/mol. The van der Waals surface area contributed by atoms with Gasteiger partial charge in [0.05, 0.1) is 22.9 Å². The van der Waals surface area contributed by atoms with Gasteiger partial charge in [0.1, 0.15) is 11.9 Å². The molecular formula is C18H12F4N2O. The van der Waals surface area contributed by atoms with Gasteiger partial charge >= 0.3 is 6.18 Å². The largest absolute Gasteiger partial charge is 0.417 e. The molecule has 7 heteroatoms. The summed E-state index contributed by atoms with van der Waals surface area (Å²) in [4.78, 5) is 5.28. The van der Waals surface area contributed by atoms with E-state index in [0.29, 0.717) is 23.3 Å². The zero-order valence-electron chi connectivity index (χ0n) is 12.8. The molecule has 0 bridgehead atoms. The lowest BCUT2D eigenvalue weighted by molar-refractivity contribution is -0.137. The van der Waals surface area contributed by atoms with Gasteiger partial charge in [0, 0.05) is 12.8 Å². The molecule has 3 nitrogen and oxygen atoms in total. The van der Waals surface area contributed by atoms with E-state index >= 15 is 0 Å². The van der Waals surface area contributed by atoms with Gasteiger partial charge in [0.15, 0.2) is 0 Å². The first-order valence-electron chi connectivity index (χ1n) is 7.45. The van der Waals surface area contributed by atoms with Crippen molar-refractivity contribution in [2.24, 2.45) is 5.16 Å². The van der Waals surface area contributed by atoms with E-state index in [1.807, 2.05) is 0 Å². The van der Waals surface area contributed by atoms with Crippen LogP contribution in [0.15, 0.2) is 47.6 Å². The number of nitriles is 1. The van der Waals surface area contributed by atoms with Crippen LogP contribution in [0.5, 0.6) is 0 Å². The average Bonchev–Trinajstić information content (AvgIpc) is 3.03. The first-order valence-corrected chi connectivity index (χ1v) is 7.45. The highest BCUT2D eigenvalue weighted by molar-refractivity contribution is 6.01. The molecule has 128 valence electrons. The standard InChI is InChI=1S/C18H12F4N2O/c19-14-5-3-12(4-6-14)17-9-15(25-24-17)7-11-1-2-13(10-23)16(8-11)18(20,21)22/h1-6,8,15H,7,9H2. The van der Waals surface area contributed by atoms with Gasteiger partial charge in [0.2, 0.25) is 0 Å². The van der Waals surface area contributed by atoms with E-state index in [9.17, 15) is 17.6 Å². The highest BCUT2D eigenvalue weighted by Crippen LogP contribution is 2.33. The smallest absolute Gasteiger partial charge is 0.391 e. The molecule has 1 unspecified atom stereocenters. The second-order valence-corrected chi connectivity index (χ2v) is 5.67. The van der Waals surface area contributed by atoms with Crippen LogP contribution in [0.2, 0.25) is 0 Å². The van der Waals surface area contributed by atoms with Gasteiger partial charge in [-0.25, -0.2) is 4.39 Å². The number of rotatable bonds is 3. The maximum Gasteiger partial charge on any atom is 0.417 e. The van der Waals surface area contributed by atoms with Gasteiger partial charge in [-0.1, -0.05) is 23.4 Å². The van der Waals surface area contributed by atoms with Crippen LogP contribution in [0.1, 0.15) is 28.7 Å². The fourth-order valence-corrected chi connectivity index (χ4v) is 2.66. The minimum atomic E-state index is -4.59. The number of hydrogen-bond donors (Lipinski definition) is 0. The molecule has 1 atom stereocenters. The summed E-state index contributed by atoms with van der Waals surface area (Å²) in [6, 6.07) is 10.9. The van der Waals surface area contributed by atoms with Gasteiger partial charge < -0.3 is 4.84 Å². The van der Waals surface area contributed by atoms with Crippen molar-refractivity contribution in [2.75, 3.05) is 0 Å². The topological polar surface area (TPSA) is 45.4 Å². The fourth-order valence-electron chi connectivity index (χ4n) is 2.66. The zero-order chi connectivity index (χ0) is 18.0. The van der Waals surface area contributed by atoms with E-state index in [-0.39, 0.29) is 12.2 Å². The van der Waals surface area contributed by atoms with Gasteiger partial charge in [-0.3, -0.25) is 0 Å². The van der Waals surface area contributed by atoms with E-state index < -0.39 is 23.4 Å². The summed E-state index contributed by atoms with van der Waals surface area (Å²) in [7, 11) is 0. The van der Waals surface area contributed by atoms with E-state index in [0.717, 1.165) is 12.1 Å². The number of alkyl halides is 3. The third-order valence-corrected chi connectivity index (χ3v) is 3.88. The highest BCUT2D eigenvalue weighted by Gasteiger charge is 2.34. The third-order valence-electron chi connectivity index (χ3n) is 3.88. The molecule has 0 spiro atoms. The summed E-state index contributed by atoms with van der Waals surface area (Å²) >= 11 is 0. The quantitative estimate of drug-likeness (QED) is 0.769. The molecule has 2 aromatic rings. The lowest BCUT2D eigenvalue weighted by Gasteiger charge is -2.13. The van der Waals surface area contributed by atoms with Crippen LogP contribution >= 0.6 is 0 Å². The van der Waals surface area contributed by atoms with Crippen molar-refractivity contribution in [1.29, 1.82) is 5.26 Å². The summed E-state index contributed by atoms with van der Waals surface area (Å²) < 4.78 is 52.0. The maximum absolute atomic E-state index is 13.0. The average molecular weight is 348 g/mol. The zero-order valence-corrected chi connectivity index (χ0v) is 12.8. The van der Waals surface area contributed by atoms with Crippen LogP contribution in [-0.2, 0) is 17.4 Å². The second kappa shape index (κ2) is 6.55. The molecule has 1 aliphatic rings. The first-order chi connectivity index (χ1) is 11.9. The molecule has 0 aromatic heterocycles. The lowest BCUT2D eigenvalue weighted by atomic mass is 9.97. The Morgan fingerprint density at radius 3 is 2.52 bits per heavy atom. The molecule has 0 amide bonds. The van der Waals surface area contributed by atoms with E-state index in [2.05, 4.69) is 5.16 Å². The van der Waals surface area contributed by atoms with Crippen LogP contribution in [0.25, 0.3) is 0 Å². The predicted molar refractivity (Wildman–Crippen MR) is 82.3 cm³/mol. The molecule has 0 radical (unpaired) electrons. The van der Waals surface area contributed by atoms with Crippen LogP contribution in [0.3, 0.4) is 0 Å². The Balaban J connectivity index is 1.72. The molecule has 0 N–H and O–H groups in total. The predicted octanol–water partition coefficient (Wildman–Crippen LogP) is 4.45. The molecule has 3 rings (SSSR count). The molecule has 1 heterocycles. The van der Waals surface area contributed by atoms with E-state index in [1.54, 1.807) is 18.2 Å². The van der Waals surface area contributed by atoms with Crippen molar-refractivity contribution in [3.63, 3.8) is 0 Å². The Morgan fingerprint density at radius 2 is 1.88 bits per heavy atom. The summed E-state index contributed by atoms with van der Waals surface area (Å²) in [5.74, 6) is -0.364. The van der Waals surface area contributed by atoms with E-state index in [1.165, 1.54) is 18.2 Å². The van der Waals surface area contributed by atoms with Crippen molar-refractivity contribution in [3.8, 4) is 6.07 Å². The SMILES string of the molecule is N#Cc1ccc(CC2CC(c3ccc(F)cc3)=NO2)cc1C(F)(F)F. The van der Waals surface area contributed by atoms with Crippen molar-refractivity contribution in [3.05, 3.63) is 70.5 Å². The maximum atomic E-state index is 13.0. The Labute approximate surface area is 141 Å². The lowest BCUT2D eigenvalue weighted by Crippen LogP contribution is -2.14. The van der Waals surface area contributed by atoms with Crippen molar-refractivity contribution < 1.29 is 22.4 Å². The number of halogens is 4. The number of hydrogen-bond acceptors (Lipinski definition) is 3. The molecule has 0 fully saturated rings. The highest BCUT2D eigenvalue weighted by atomic mass is 19.4. The minimum absolute atomic E-state index is 0.225. The molecule has 0 saturated carbocycles. The van der Waals surface area contributed by atoms with E-state index in [4.69, 9.17) is 10.1 Å². The third kappa shape index (κ3) is 3.79. The Morgan fingerprint density at radius 1 is 1.16 bits per heavy atom. The van der Waals surface area contributed by atoms with Crippen LogP contribution in [0, 0.1) is 17.1 Å². The first kappa shape index (κ1) is 17.0. The minimum Gasteiger partial charge on any atom is -0.391 e. The molecule has 0 aliphatic carbocycles. The molecule has 2 aromatic carbocycles. The van der Waals surface area contributed by atoms with Gasteiger partial charge in [-0.2, -0.15) is 18.4 Å². The molecule has 25 heavy (non-hydrogen) atoms. The Hall–Kier alpha value is -2.88. The molecule has 0 saturated heterocycles. The van der Waals surface area contributed by atoms with Crippen LogP contribution in [0.4, 0.5) is 17.6 Å². The van der Waals surface area contributed by atoms with Gasteiger partial charge in [-0.15, -0.1) is 0 Å². The number of benzene rings is 2. The number of nitrogens with zero attached hydrogens (tertiary/aromatic N) is 2. The normalized spacial score (nSPS) is 16.9. The van der Waals surface area contributed by atoms with Crippen LogP contribution < -0.4 is 0 Å². The summed E-state index contributed by atoms with van der Waals surface area (Å²) in [6.45, 7) is 0. The van der Waals surface area contributed by atoms with Gasteiger partial charge in [0.25, 0.3) is 0 Å². The van der Waals surface area contributed by atoms with Crippen LogP contribution in [-0.4, -0.2) is 11.8 Å². The summed E-state index contributed by atoms with van der Waals surface area (Å²) in [5.41, 5.74) is 0.373. The molecule has 1 aliphatic heterocycles. The fraction of sp³-hybridized carbons (Fsp3) is 0.222. The Kier molecular flexibility index (Phi) is 4.45. The summed E-state index contributed by atoms with van der Waals surface area (Å²) in [5, 5.41) is 12.8. The van der Waals surface area contributed by atoms with Crippen molar-refractivity contribution >= 4 is 5.71 Å².